The number of anilines is 3. The van der Waals surface area contributed by atoms with Gasteiger partial charge >= 0.3 is 0 Å². The van der Waals surface area contributed by atoms with E-state index < -0.39 is 0 Å². The van der Waals surface area contributed by atoms with Crippen molar-refractivity contribution in [1.29, 1.82) is 0 Å². The highest BCUT2D eigenvalue weighted by molar-refractivity contribution is 7.08. The fraction of sp³-hybridized carbons (Fsp3) is 0. The number of fused-ring (bicyclic) bond motifs is 2. The van der Waals surface area contributed by atoms with Crippen molar-refractivity contribution in [2.24, 2.45) is 0 Å². The van der Waals surface area contributed by atoms with Gasteiger partial charge in [0.15, 0.2) is 17.0 Å². The zero-order valence-corrected chi connectivity index (χ0v) is 14.3. The highest BCUT2D eigenvalue weighted by atomic mass is 32.1. The summed E-state index contributed by atoms with van der Waals surface area (Å²) in [5.41, 5.74) is 8.32. The Kier molecular flexibility index (Phi) is 3.29. The minimum absolute atomic E-state index is 0.326. The third-order valence-electron chi connectivity index (χ3n) is 4.11. The first-order valence-corrected chi connectivity index (χ1v) is 8.88. The van der Waals surface area contributed by atoms with E-state index in [-0.39, 0.29) is 0 Å². The first kappa shape index (κ1) is 14.8. The predicted octanol–water partition coefficient (Wildman–Crippen LogP) is 3.75. The number of benzene rings is 1. The van der Waals surface area contributed by atoms with Crippen LogP contribution in [-0.2, 0) is 0 Å². The van der Waals surface area contributed by atoms with Gasteiger partial charge in [0.05, 0.1) is 5.69 Å². The van der Waals surface area contributed by atoms with Crippen LogP contribution in [0.5, 0.6) is 0 Å². The number of hydrogen-bond donors (Lipinski definition) is 2. The molecule has 0 saturated carbocycles. The summed E-state index contributed by atoms with van der Waals surface area (Å²) in [7, 11) is 0. The SMILES string of the molecule is Nc1nc(Nc2nccc3ccccc23)nc2c1ncn2-c1ccsc1. The van der Waals surface area contributed by atoms with E-state index in [1.165, 1.54) is 0 Å². The van der Waals surface area contributed by atoms with E-state index in [1.807, 2.05) is 51.7 Å². The number of nitrogens with zero attached hydrogens (tertiary/aromatic N) is 5. The number of nitrogens with two attached hydrogens (primary N) is 1. The molecular weight excluding hydrogens is 346 g/mol. The maximum absolute atomic E-state index is 6.11. The molecule has 5 rings (SSSR count). The zero-order chi connectivity index (χ0) is 17.5. The normalized spacial score (nSPS) is 11.2. The Bertz CT molecular complexity index is 1220. The van der Waals surface area contributed by atoms with Crippen molar-refractivity contribution in [2.75, 3.05) is 11.1 Å². The number of nitrogen functional groups attached to an aromatic ring is 1. The molecule has 0 bridgehead atoms. The minimum Gasteiger partial charge on any atom is -0.382 e. The molecule has 0 atom stereocenters. The molecule has 0 unspecified atom stereocenters. The third kappa shape index (κ3) is 2.35. The molecule has 0 radical (unpaired) electrons. The van der Waals surface area contributed by atoms with Crippen molar-refractivity contribution in [2.45, 2.75) is 0 Å². The standard InChI is InChI=1S/C18H13N7S/c19-15-14-17(25(10-21-14)12-6-8-26-9-12)24-18(22-15)23-16-13-4-2-1-3-11(13)5-7-20-16/h1-10H,(H3,19,20,22,23,24). The Morgan fingerprint density at radius 3 is 2.85 bits per heavy atom. The van der Waals surface area contributed by atoms with E-state index in [0.29, 0.717) is 28.7 Å². The van der Waals surface area contributed by atoms with Crippen LogP contribution in [-0.4, -0.2) is 24.5 Å². The fourth-order valence-electron chi connectivity index (χ4n) is 2.89. The number of nitrogens with one attached hydrogen (secondary N) is 1. The summed E-state index contributed by atoms with van der Waals surface area (Å²) < 4.78 is 1.89. The van der Waals surface area contributed by atoms with Gasteiger partial charge in [0.1, 0.15) is 12.1 Å². The van der Waals surface area contributed by atoms with Gasteiger partial charge < -0.3 is 11.1 Å². The van der Waals surface area contributed by atoms with Crippen LogP contribution in [0.3, 0.4) is 0 Å². The van der Waals surface area contributed by atoms with Crippen LogP contribution in [0.4, 0.5) is 17.6 Å². The lowest BCUT2D eigenvalue weighted by molar-refractivity contribution is 1.07. The highest BCUT2D eigenvalue weighted by Gasteiger charge is 2.13. The largest absolute Gasteiger partial charge is 0.382 e. The van der Waals surface area contributed by atoms with Gasteiger partial charge in [-0.25, -0.2) is 9.97 Å². The highest BCUT2D eigenvalue weighted by Crippen LogP contribution is 2.26. The van der Waals surface area contributed by atoms with Gasteiger partial charge in [-0.3, -0.25) is 4.57 Å². The van der Waals surface area contributed by atoms with Gasteiger partial charge in [0.2, 0.25) is 5.95 Å². The van der Waals surface area contributed by atoms with Crippen molar-refractivity contribution in [3.8, 4) is 5.69 Å². The second kappa shape index (κ2) is 5.78. The van der Waals surface area contributed by atoms with E-state index in [9.17, 15) is 0 Å². The molecule has 0 aliphatic carbocycles. The minimum atomic E-state index is 0.326. The number of pyridine rings is 1. The smallest absolute Gasteiger partial charge is 0.232 e. The summed E-state index contributed by atoms with van der Waals surface area (Å²) in [6, 6.07) is 12.0. The molecule has 0 aliphatic rings. The molecule has 4 heterocycles. The summed E-state index contributed by atoms with van der Waals surface area (Å²) >= 11 is 1.61. The van der Waals surface area contributed by atoms with Crippen molar-refractivity contribution >= 4 is 50.9 Å². The molecule has 3 N–H and O–H groups in total. The summed E-state index contributed by atoms with van der Waals surface area (Å²) in [4.78, 5) is 17.7. The Balaban J connectivity index is 1.64. The van der Waals surface area contributed by atoms with Crippen LogP contribution in [0.1, 0.15) is 0 Å². The van der Waals surface area contributed by atoms with Gasteiger partial charge in [-0.15, -0.1) is 0 Å². The molecule has 8 heteroatoms. The molecule has 7 nitrogen and oxygen atoms in total. The quantitative estimate of drug-likeness (QED) is 0.509. The zero-order valence-electron chi connectivity index (χ0n) is 13.5. The summed E-state index contributed by atoms with van der Waals surface area (Å²) in [6.45, 7) is 0. The maximum Gasteiger partial charge on any atom is 0.232 e. The van der Waals surface area contributed by atoms with Gasteiger partial charge in [-0.05, 0) is 22.9 Å². The van der Waals surface area contributed by atoms with Crippen LogP contribution in [0, 0.1) is 0 Å². The predicted molar refractivity (Wildman–Crippen MR) is 104 cm³/mol. The first-order valence-electron chi connectivity index (χ1n) is 7.93. The molecule has 0 amide bonds. The molecule has 1 aromatic carbocycles. The van der Waals surface area contributed by atoms with Crippen LogP contribution in [0.15, 0.2) is 59.7 Å². The lowest BCUT2D eigenvalue weighted by Crippen LogP contribution is -2.04. The maximum atomic E-state index is 6.11. The van der Waals surface area contributed by atoms with Gasteiger partial charge in [0.25, 0.3) is 0 Å². The Morgan fingerprint density at radius 2 is 1.96 bits per heavy atom. The van der Waals surface area contributed by atoms with Crippen molar-refractivity contribution in [3.63, 3.8) is 0 Å². The number of rotatable bonds is 3. The van der Waals surface area contributed by atoms with E-state index >= 15 is 0 Å². The van der Waals surface area contributed by atoms with Crippen LogP contribution in [0.25, 0.3) is 27.6 Å². The fourth-order valence-corrected chi connectivity index (χ4v) is 3.51. The molecule has 4 aromatic heterocycles. The summed E-state index contributed by atoms with van der Waals surface area (Å²) in [5.74, 6) is 1.39. The number of imidazole rings is 1. The van der Waals surface area contributed by atoms with Crippen molar-refractivity contribution in [1.82, 2.24) is 24.5 Å². The van der Waals surface area contributed by atoms with E-state index in [2.05, 4.69) is 25.3 Å². The number of aromatic nitrogens is 5. The van der Waals surface area contributed by atoms with Gasteiger partial charge in [-0.1, -0.05) is 24.3 Å². The van der Waals surface area contributed by atoms with Crippen LogP contribution < -0.4 is 11.1 Å². The number of thiophene rings is 1. The number of hydrogen-bond acceptors (Lipinski definition) is 7. The second-order valence-corrected chi connectivity index (χ2v) is 6.49. The third-order valence-corrected chi connectivity index (χ3v) is 4.78. The Hall–Kier alpha value is -3.52. The average Bonchev–Trinajstić information content (AvgIpc) is 3.31. The lowest BCUT2D eigenvalue weighted by Gasteiger charge is -2.08. The summed E-state index contributed by atoms with van der Waals surface area (Å²) in [5, 5.41) is 9.30. The molecule has 0 fully saturated rings. The molecule has 0 spiro atoms. The van der Waals surface area contributed by atoms with E-state index in [4.69, 9.17) is 5.73 Å². The first-order chi connectivity index (χ1) is 12.8. The average molecular weight is 359 g/mol. The van der Waals surface area contributed by atoms with Crippen molar-refractivity contribution in [3.05, 3.63) is 59.7 Å². The monoisotopic (exact) mass is 359 g/mol. The second-order valence-electron chi connectivity index (χ2n) is 5.71. The lowest BCUT2D eigenvalue weighted by atomic mass is 10.1. The molecule has 5 aromatic rings. The Morgan fingerprint density at radius 1 is 1.04 bits per heavy atom. The topological polar surface area (TPSA) is 94.5 Å². The van der Waals surface area contributed by atoms with Crippen molar-refractivity contribution < 1.29 is 0 Å². The van der Waals surface area contributed by atoms with Gasteiger partial charge in [0, 0.05) is 17.0 Å². The molecule has 126 valence electrons. The molecule has 0 saturated heterocycles. The molecule has 0 aliphatic heterocycles. The van der Waals surface area contributed by atoms with Gasteiger partial charge in [-0.2, -0.15) is 21.3 Å². The molecule has 26 heavy (non-hydrogen) atoms. The van der Waals surface area contributed by atoms with E-state index in [0.717, 1.165) is 16.5 Å². The van der Waals surface area contributed by atoms with Crippen LogP contribution >= 0.6 is 11.3 Å². The summed E-state index contributed by atoms with van der Waals surface area (Å²) in [6.07, 6.45) is 3.46. The van der Waals surface area contributed by atoms with E-state index in [1.54, 1.807) is 23.9 Å². The molecular formula is C18H13N7S. The Labute approximate surface area is 152 Å². The van der Waals surface area contributed by atoms with Crippen LogP contribution in [0.2, 0.25) is 0 Å².